The van der Waals surface area contributed by atoms with Crippen LogP contribution in [0, 0.1) is 41.5 Å². The third-order valence-electron chi connectivity index (χ3n) is 15.8. The summed E-state index contributed by atoms with van der Waals surface area (Å²) in [6.45, 7) is 21.2. The molecule has 2 heteroatoms. The van der Waals surface area contributed by atoms with Gasteiger partial charge in [0, 0.05) is 12.0 Å². The molecular formula is C69H89NO. The molecule has 0 radical (unpaired) electrons. The summed E-state index contributed by atoms with van der Waals surface area (Å²) in [7, 11) is 0. The molecule has 376 valence electrons. The van der Waals surface area contributed by atoms with E-state index in [1.807, 2.05) is 0 Å². The second-order valence-electron chi connectivity index (χ2n) is 21.5. The van der Waals surface area contributed by atoms with Crippen molar-refractivity contribution in [3.63, 3.8) is 0 Å². The highest BCUT2D eigenvalue weighted by Crippen LogP contribution is 2.55. The SMILES string of the molecule is CCCCCCCCC1(CCCCCCCC)c2cc(C)ccc2-c2ccc(C)cc21.CCCCCCCCN1c2ccc(C)cc2Oc2cc(C)ccc21.Cc1c2ccccc2c(C)c2ccccc12. The van der Waals surface area contributed by atoms with E-state index in [-0.39, 0.29) is 5.41 Å². The first-order valence-corrected chi connectivity index (χ1v) is 28.4. The number of hydrogen-bond acceptors (Lipinski definition) is 2. The fourth-order valence-electron chi connectivity index (χ4n) is 11.8. The van der Waals surface area contributed by atoms with Gasteiger partial charge in [-0.2, -0.15) is 0 Å². The van der Waals surface area contributed by atoms with Crippen LogP contribution < -0.4 is 9.64 Å². The molecule has 0 amide bonds. The summed E-state index contributed by atoms with van der Waals surface area (Å²) in [6.07, 6.45) is 27.1. The van der Waals surface area contributed by atoms with Crippen LogP contribution in [0.3, 0.4) is 0 Å². The molecule has 7 aromatic carbocycles. The Morgan fingerprint density at radius 3 is 1.10 bits per heavy atom. The Kier molecular flexibility index (Phi) is 19.9. The normalized spacial score (nSPS) is 12.8. The number of aryl methyl sites for hydroxylation is 6. The maximum absolute atomic E-state index is 6.19. The van der Waals surface area contributed by atoms with Crippen LogP contribution in [-0.4, -0.2) is 6.54 Å². The molecule has 1 heterocycles. The zero-order valence-electron chi connectivity index (χ0n) is 45.8. The minimum absolute atomic E-state index is 0.234. The Morgan fingerprint density at radius 1 is 0.366 bits per heavy atom. The zero-order valence-corrected chi connectivity index (χ0v) is 45.8. The fraction of sp³-hybridized carbons (Fsp3) is 0.449. The maximum atomic E-state index is 6.19. The molecular weight excluding hydrogens is 859 g/mol. The smallest absolute Gasteiger partial charge is 0.151 e. The minimum Gasteiger partial charge on any atom is -0.453 e. The molecule has 1 aliphatic heterocycles. The molecule has 0 spiro atoms. The summed E-state index contributed by atoms with van der Waals surface area (Å²) >= 11 is 0. The number of anilines is 2. The van der Waals surface area contributed by atoms with Gasteiger partial charge in [0.1, 0.15) is 0 Å². The molecule has 9 rings (SSSR count). The molecule has 1 aliphatic carbocycles. The number of fused-ring (bicyclic) bond motifs is 7. The van der Waals surface area contributed by atoms with Crippen LogP contribution in [-0.2, 0) is 5.41 Å². The van der Waals surface area contributed by atoms with Crippen molar-refractivity contribution in [1.82, 2.24) is 0 Å². The largest absolute Gasteiger partial charge is 0.453 e. The molecule has 2 nitrogen and oxygen atoms in total. The number of benzene rings is 7. The Bertz CT molecular complexity index is 2550. The van der Waals surface area contributed by atoms with Crippen molar-refractivity contribution in [2.24, 2.45) is 0 Å². The summed E-state index contributed by atoms with van der Waals surface area (Å²) in [5.41, 5.74) is 17.0. The quantitative estimate of drug-likeness (QED) is 0.0526. The monoisotopic (exact) mass is 948 g/mol. The average Bonchev–Trinajstić information content (AvgIpc) is 3.63. The van der Waals surface area contributed by atoms with Gasteiger partial charge >= 0.3 is 0 Å². The lowest BCUT2D eigenvalue weighted by Crippen LogP contribution is -2.25. The van der Waals surface area contributed by atoms with Gasteiger partial charge in [-0.15, -0.1) is 0 Å². The van der Waals surface area contributed by atoms with Crippen LogP contribution in [0.25, 0.3) is 32.7 Å². The lowest BCUT2D eigenvalue weighted by atomic mass is 9.70. The van der Waals surface area contributed by atoms with Gasteiger partial charge in [-0.3, -0.25) is 0 Å². The van der Waals surface area contributed by atoms with Crippen molar-refractivity contribution >= 4 is 32.9 Å². The van der Waals surface area contributed by atoms with Gasteiger partial charge < -0.3 is 9.64 Å². The fourth-order valence-corrected chi connectivity index (χ4v) is 11.8. The Hall–Kier alpha value is -5.34. The minimum atomic E-state index is 0.234. The van der Waals surface area contributed by atoms with E-state index in [0.29, 0.717) is 0 Å². The summed E-state index contributed by atoms with van der Waals surface area (Å²) in [5.74, 6) is 1.97. The standard InChI is InChI=1S/C31H46.C22H29NO.C16H14/c1-5-7-9-11-13-15-21-31(22-16-14-12-10-8-6-2)29-23-25(3)17-19-27(29)28-20-18-26(4)24-30(28)31;1-4-5-6-7-8-9-14-23-19-12-10-17(2)15-21(19)24-22-16-18(3)11-13-20(22)23;1-11-13-7-3-5-9-15(13)12(2)16-10-6-4-8-14(11)16/h17-20,23-24H,5-16,21-22H2,1-4H3;10-13,15-16H,4-9,14H2,1-3H3;3-10H,1-2H3. The first kappa shape index (κ1) is 53.5. The first-order valence-electron chi connectivity index (χ1n) is 28.4. The van der Waals surface area contributed by atoms with Crippen molar-refractivity contribution in [1.29, 1.82) is 0 Å². The van der Waals surface area contributed by atoms with Crippen molar-refractivity contribution in [2.75, 3.05) is 11.4 Å². The summed E-state index contributed by atoms with van der Waals surface area (Å²) in [5, 5.41) is 5.50. The van der Waals surface area contributed by atoms with Crippen molar-refractivity contribution in [3.05, 3.63) is 166 Å². The van der Waals surface area contributed by atoms with E-state index in [9.17, 15) is 0 Å². The van der Waals surface area contributed by atoms with Gasteiger partial charge in [0.15, 0.2) is 11.5 Å². The highest BCUT2D eigenvalue weighted by Gasteiger charge is 2.42. The van der Waals surface area contributed by atoms with E-state index >= 15 is 0 Å². The summed E-state index contributed by atoms with van der Waals surface area (Å²) < 4.78 is 6.19. The van der Waals surface area contributed by atoms with Crippen LogP contribution >= 0.6 is 0 Å². The molecule has 7 aromatic rings. The average molecular weight is 948 g/mol. The summed E-state index contributed by atoms with van der Waals surface area (Å²) in [6, 6.07) is 44.8. The zero-order chi connectivity index (χ0) is 50.2. The predicted octanol–water partition coefficient (Wildman–Crippen LogP) is 21.6. The third-order valence-corrected chi connectivity index (χ3v) is 15.8. The lowest BCUT2D eigenvalue weighted by molar-refractivity contribution is 0.397. The van der Waals surface area contributed by atoms with E-state index in [4.69, 9.17) is 4.74 Å². The number of nitrogens with zero attached hydrogens (tertiary/aromatic N) is 1. The molecule has 0 N–H and O–H groups in total. The summed E-state index contributed by atoms with van der Waals surface area (Å²) in [4.78, 5) is 2.44. The first-order chi connectivity index (χ1) is 34.6. The van der Waals surface area contributed by atoms with Gasteiger partial charge in [-0.1, -0.05) is 238 Å². The highest BCUT2D eigenvalue weighted by molar-refractivity contribution is 6.05. The molecule has 0 unspecified atom stereocenters. The van der Waals surface area contributed by atoms with Crippen molar-refractivity contribution in [3.8, 4) is 22.6 Å². The van der Waals surface area contributed by atoms with Gasteiger partial charge in [0.2, 0.25) is 0 Å². The van der Waals surface area contributed by atoms with Gasteiger partial charge in [0.25, 0.3) is 0 Å². The number of hydrogen-bond donors (Lipinski definition) is 0. The molecule has 0 saturated carbocycles. The topological polar surface area (TPSA) is 12.5 Å². The van der Waals surface area contributed by atoms with E-state index in [1.165, 1.54) is 206 Å². The van der Waals surface area contributed by atoms with E-state index in [2.05, 4.69) is 189 Å². The molecule has 71 heavy (non-hydrogen) atoms. The van der Waals surface area contributed by atoms with Crippen molar-refractivity contribution in [2.45, 2.75) is 196 Å². The molecule has 0 atom stereocenters. The van der Waals surface area contributed by atoms with Gasteiger partial charge in [-0.05, 0) is 151 Å². The van der Waals surface area contributed by atoms with Crippen LogP contribution in [0.4, 0.5) is 11.4 Å². The maximum Gasteiger partial charge on any atom is 0.151 e. The van der Waals surface area contributed by atoms with Gasteiger partial charge in [-0.25, -0.2) is 0 Å². The van der Waals surface area contributed by atoms with E-state index in [0.717, 1.165) is 18.0 Å². The third kappa shape index (κ3) is 13.2. The number of unbranched alkanes of at least 4 members (excludes halogenated alkanes) is 15. The molecule has 2 aliphatic rings. The van der Waals surface area contributed by atoms with Crippen LogP contribution in [0.2, 0.25) is 0 Å². The number of ether oxygens (including phenoxy) is 1. The number of rotatable bonds is 21. The highest BCUT2D eigenvalue weighted by atomic mass is 16.5. The molecule has 0 bridgehead atoms. The van der Waals surface area contributed by atoms with Crippen LogP contribution in [0.15, 0.2) is 121 Å². The Labute approximate surface area is 431 Å². The van der Waals surface area contributed by atoms with E-state index < -0.39 is 0 Å². The van der Waals surface area contributed by atoms with Crippen LogP contribution in [0.1, 0.15) is 194 Å². The van der Waals surface area contributed by atoms with Gasteiger partial charge in [0.05, 0.1) is 11.4 Å². The predicted molar refractivity (Wildman–Crippen MR) is 312 cm³/mol. The molecule has 0 aromatic heterocycles. The molecule has 0 fully saturated rings. The van der Waals surface area contributed by atoms with E-state index in [1.54, 1.807) is 11.1 Å². The molecule has 0 saturated heterocycles. The van der Waals surface area contributed by atoms with Crippen LogP contribution in [0.5, 0.6) is 11.5 Å². The Balaban J connectivity index is 0.000000164. The second-order valence-corrected chi connectivity index (χ2v) is 21.5. The lowest BCUT2D eigenvalue weighted by Gasteiger charge is -2.33. The van der Waals surface area contributed by atoms with Crippen molar-refractivity contribution < 1.29 is 4.74 Å². The Morgan fingerprint density at radius 2 is 0.704 bits per heavy atom. The second kappa shape index (κ2) is 26.4.